The van der Waals surface area contributed by atoms with Crippen LogP contribution < -0.4 is 5.73 Å². The van der Waals surface area contributed by atoms with Crippen molar-refractivity contribution >= 4 is 17.2 Å². The van der Waals surface area contributed by atoms with E-state index in [0.29, 0.717) is 35.3 Å². The molecule has 27 heavy (non-hydrogen) atoms. The van der Waals surface area contributed by atoms with Crippen molar-refractivity contribution in [3.8, 4) is 10.6 Å². The summed E-state index contributed by atoms with van der Waals surface area (Å²) in [5.74, 6) is 0.521. The lowest BCUT2D eigenvalue weighted by atomic mass is 9.92. The van der Waals surface area contributed by atoms with Crippen LogP contribution in [0.1, 0.15) is 31.0 Å². The van der Waals surface area contributed by atoms with E-state index in [9.17, 15) is 18.0 Å². The lowest BCUT2D eigenvalue weighted by Gasteiger charge is -2.38. The van der Waals surface area contributed by atoms with Gasteiger partial charge >= 0.3 is 6.18 Å². The first kappa shape index (κ1) is 19.8. The van der Waals surface area contributed by atoms with Gasteiger partial charge < -0.3 is 10.6 Å². The number of hydrogen-bond donors (Lipinski definition) is 1. The number of nitrogens with two attached hydrogens (primary N) is 1. The molecule has 3 rings (SSSR count). The minimum atomic E-state index is -4.39. The predicted molar refractivity (Wildman–Crippen MR) is 99.2 cm³/mol. The van der Waals surface area contributed by atoms with Gasteiger partial charge in [-0.05, 0) is 30.9 Å². The molecule has 0 bridgehead atoms. The van der Waals surface area contributed by atoms with Crippen LogP contribution >= 0.6 is 11.3 Å². The summed E-state index contributed by atoms with van der Waals surface area (Å²) in [6.07, 6.45) is -2.40. The number of piperidine rings is 1. The maximum Gasteiger partial charge on any atom is 0.416 e. The molecule has 2 unspecified atom stereocenters. The summed E-state index contributed by atoms with van der Waals surface area (Å²) < 4.78 is 38.7. The maximum atomic E-state index is 12.9. The number of rotatable bonds is 4. The summed E-state index contributed by atoms with van der Waals surface area (Å²) in [5.41, 5.74) is 6.09. The zero-order chi connectivity index (χ0) is 19.6. The van der Waals surface area contributed by atoms with Gasteiger partial charge in [0.05, 0.1) is 17.7 Å². The largest absolute Gasteiger partial charge is 0.416 e. The Morgan fingerprint density at radius 2 is 2.19 bits per heavy atom. The highest BCUT2D eigenvalue weighted by Crippen LogP contribution is 2.33. The normalized spacial score (nSPS) is 20.7. The van der Waals surface area contributed by atoms with Gasteiger partial charge in [-0.1, -0.05) is 19.1 Å². The zero-order valence-electron chi connectivity index (χ0n) is 15.0. The third-order valence-corrected chi connectivity index (χ3v) is 5.83. The zero-order valence-corrected chi connectivity index (χ0v) is 15.8. The van der Waals surface area contributed by atoms with Crippen LogP contribution in [-0.4, -0.2) is 34.9 Å². The Kier molecular flexibility index (Phi) is 5.86. The molecule has 1 aliphatic heterocycles. The van der Waals surface area contributed by atoms with Crippen molar-refractivity contribution in [2.24, 2.45) is 11.7 Å². The summed E-state index contributed by atoms with van der Waals surface area (Å²) in [5, 5.41) is 2.21. The molecule has 0 spiro atoms. The average Bonchev–Trinajstić information content (AvgIpc) is 3.09. The third-order valence-electron chi connectivity index (χ3n) is 4.89. The molecule has 2 aromatic rings. The Bertz CT molecular complexity index is 805. The summed E-state index contributed by atoms with van der Waals surface area (Å²) in [4.78, 5) is 18.9. The average molecular weight is 397 g/mol. The highest BCUT2D eigenvalue weighted by atomic mass is 32.1. The van der Waals surface area contributed by atoms with E-state index < -0.39 is 11.7 Å². The van der Waals surface area contributed by atoms with Crippen molar-refractivity contribution in [3.05, 3.63) is 40.9 Å². The van der Waals surface area contributed by atoms with Crippen LogP contribution in [0.5, 0.6) is 0 Å². The number of nitrogens with zero attached hydrogens (tertiary/aromatic N) is 2. The van der Waals surface area contributed by atoms with E-state index in [1.165, 1.54) is 17.4 Å². The SMILES string of the molecule is CC1CCN(C(=O)Cc2csc(-c3cccc(C(F)(F)F)c3)n2)C(CN)C1. The lowest BCUT2D eigenvalue weighted by Crippen LogP contribution is -2.49. The minimum Gasteiger partial charge on any atom is -0.338 e. The summed E-state index contributed by atoms with van der Waals surface area (Å²) in [7, 11) is 0. The molecule has 1 amide bonds. The molecule has 1 fully saturated rings. The molecular formula is C19H22F3N3OS. The number of halogens is 3. The summed E-state index contributed by atoms with van der Waals surface area (Å²) in [6.45, 7) is 3.28. The van der Waals surface area contributed by atoms with Gasteiger partial charge in [0.25, 0.3) is 0 Å². The smallest absolute Gasteiger partial charge is 0.338 e. The van der Waals surface area contributed by atoms with Crippen LogP contribution in [0.2, 0.25) is 0 Å². The van der Waals surface area contributed by atoms with Crippen molar-refractivity contribution in [1.82, 2.24) is 9.88 Å². The number of aromatic nitrogens is 1. The number of alkyl halides is 3. The number of thiazole rings is 1. The van der Waals surface area contributed by atoms with Gasteiger partial charge in [-0.15, -0.1) is 11.3 Å². The van der Waals surface area contributed by atoms with Crippen LogP contribution in [-0.2, 0) is 17.4 Å². The molecular weight excluding hydrogens is 375 g/mol. The van der Waals surface area contributed by atoms with Crippen LogP contribution in [0.15, 0.2) is 29.6 Å². The van der Waals surface area contributed by atoms with Crippen molar-refractivity contribution in [1.29, 1.82) is 0 Å². The number of carbonyl (C=O) groups is 1. The predicted octanol–water partition coefficient (Wildman–Crippen LogP) is 3.96. The van der Waals surface area contributed by atoms with Crippen LogP contribution in [0, 0.1) is 5.92 Å². The number of likely N-dealkylation sites (tertiary alicyclic amines) is 1. The van der Waals surface area contributed by atoms with Crippen LogP contribution in [0.4, 0.5) is 13.2 Å². The number of benzene rings is 1. The van der Waals surface area contributed by atoms with Gasteiger partial charge in [0.2, 0.25) is 5.91 Å². The van der Waals surface area contributed by atoms with E-state index in [2.05, 4.69) is 11.9 Å². The van der Waals surface area contributed by atoms with E-state index >= 15 is 0 Å². The van der Waals surface area contributed by atoms with Crippen molar-refractivity contribution in [3.63, 3.8) is 0 Å². The molecule has 2 N–H and O–H groups in total. The molecule has 146 valence electrons. The Hall–Kier alpha value is -1.93. The van der Waals surface area contributed by atoms with E-state index in [4.69, 9.17) is 5.73 Å². The number of amides is 1. The Morgan fingerprint density at radius 3 is 2.89 bits per heavy atom. The van der Waals surface area contributed by atoms with Gasteiger partial charge in [0.1, 0.15) is 5.01 Å². The molecule has 8 heteroatoms. The maximum absolute atomic E-state index is 12.9. The van der Waals surface area contributed by atoms with Crippen molar-refractivity contribution < 1.29 is 18.0 Å². The second-order valence-corrected chi connectivity index (χ2v) is 7.86. The summed E-state index contributed by atoms with van der Waals surface area (Å²) >= 11 is 1.24. The van der Waals surface area contributed by atoms with E-state index in [0.717, 1.165) is 25.0 Å². The highest BCUT2D eigenvalue weighted by Gasteiger charge is 2.31. The van der Waals surface area contributed by atoms with E-state index in [1.54, 1.807) is 11.4 Å². The molecule has 2 atom stereocenters. The molecule has 2 heterocycles. The lowest BCUT2D eigenvalue weighted by molar-refractivity contribution is -0.137. The fourth-order valence-corrected chi connectivity index (χ4v) is 4.23. The molecule has 1 aromatic heterocycles. The fraction of sp³-hybridized carbons (Fsp3) is 0.474. The topological polar surface area (TPSA) is 59.2 Å². The minimum absolute atomic E-state index is 0.0294. The van der Waals surface area contributed by atoms with Crippen LogP contribution in [0.25, 0.3) is 10.6 Å². The van der Waals surface area contributed by atoms with Crippen LogP contribution in [0.3, 0.4) is 0 Å². The first-order chi connectivity index (χ1) is 12.8. The van der Waals surface area contributed by atoms with E-state index in [-0.39, 0.29) is 18.4 Å². The standard InChI is InChI=1S/C19H22F3N3OS/c1-12-5-6-25(16(7-12)10-23)17(26)9-15-11-27-18(24-15)13-3-2-4-14(8-13)19(20,21)22/h2-4,8,11-12,16H,5-7,9-10,23H2,1H3. The highest BCUT2D eigenvalue weighted by molar-refractivity contribution is 7.13. The monoisotopic (exact) mass is 397 g/mol. The Balaban J connectivity index is 1.72. The van der Waals surface area contributed by atoms with Gasteiger partial charge in [-0.3, -0.25) is 4.79 Å². The van der Waals surface area contributed by atoms with Gasteiger partial charge in [-0.25, -0.2) is 4.98 Å². The number of carbonyl (C=O) groups excluding carboxylic acids is 1. The molecule has 1 aromatic carbocycles. The molecule has 0 radical (unpaired) electrons. The quantitative estimate of drug-likeness (QED) is 0.850. The van der Waals surface area contributed by atoms with Crippen molar-refractivity contribution in [2.45, 2.75) is 38.4 Å². The first-order valence-corrected chi connectivity index (χ1v) is 9.77. The van der Waals surface area contributed by atoms with Gasteiger partial charge in [0.15, 0.2) is 0 Å². The molecule has 4 nitrogen and oxygen atoms in total. The second kappa shape index (κ2) is 7.98. The Morgan fingerprint density at radius 1 is 1.41 bits per heavy atom. The third kappa shape index (κ3) is 4.68. The summed E-state index contributed by atoms with van der Waals surface area (Å²) in [6, 6.07) is 5.12. The first-order valence-electron chi connectivity index (χ1n) is 8.89. The van der Waals surface area contributed by atoms with Gasteiger partial charge in [0, 0.05) is 30.1 Å². The molecule has 1 aliphatic rings. The number of hydrogen-bond acceptors (Lipinski definition) is 4. The molecule has 1 saturated heterocycles. The van der Waals surface area contributed by atoms with Gasteiger partial charge in [-0.2, -0.15) is 13.2 Å². The fourth-order valence-electron chi connectivity index (χ4n) is 3.41. The molecule has 0 aliphatic carbocycles. The van der Waals surface area contributed by atoms with E-state index in [1.807, 2.05) is 4.90 Å². The molecule has 0 saturated carbocycles. The Labute approximate surface area is 160 Å². The van der Waals surface area contributed by atoms with Crippen molar-refractivity contribution in [2.75, 3.05) is 13.1 Å². The second-order valence-electron chi connectivity index (χ2n) is 7.01.